The highest BCUT2D eigenvalue weighted by molar-refractivity contribution is 5.95. The third-order valence-electron chi connectivity index (χ3n) is 4.45. The second-order valence-corrected chi connectivity index (χ2v) is 6.56. The van der Waals surface area contributed by atoms with E-state index in [1.165, 1.54) is 18.3 Å². The van der Waals surface area contributed by atoms with Crippen LogP contribution in [0.2, 0.25) is 0 Å². The number of hydrogen-bond acceptors (Lipinski definition) is 4. The van der Waals surface area contributed by atoms with Crippen LogP contribution >= 0.6 is 0 Å². The van der Waals surface area contributed by atoms with E-state index in [4.69, 9.17) is 10.5 Å². The zero-order chi connectivity index (χ0) is 18.7. The van der Waals surface area contributed by atoms with Crippen molar-refractivity contribution in [2.45, 2.75) is 18.9 Å². The molecule has 7 heteroatoms. The van der Waals surface area contributed by atoms with E-state index in [9.17, 15) is 14.0 Å². The van der Waals surface area contributed by atoms with E-state index in [1.54, 1.807) is 36.2 Å². The number of halogens is 1. The number of aromatic nitrogens is 1. The zero-order valence-corrected chi connectivity index (χ0v) is 14.4. The quantitative estimate of drug-likeness (QED) is 0.899. The van der Waals surface area contributed by atoms with Gasteiger partial charge < -0.3 is 15.4 Å². The Morgan fingerprint density at radius 1 is 1.27 bits per heavy atom. The molecule has 3 rings (SSSR count). The van der Waals surface area contributed by atoms with Gasteiger partial charge in [-0.1, -0.05) is 12.1 Å². The van der Waals surface area contributed by atoms with Gasteiger partial charge in [0, 0.05) is 18.9 Å². The van der Waals surface area contributed by atoms with Crippen molar-refractivity contribution in [3.63, 3.8) is 0 Å². The highest BCUT2D eigenvalue weighted by Crippen LogP contribution is 2.20. The molecule has 2 heterocycles. The van der Waals surface area contributed by atoms with Crippen LogP contribution in [0.3, 0.4) is 0 Å². The molecule has 1 aromatic heterocycles. The Balaban J connectivity index is 1.75. The topological polar surface area (TPSA) is 85.5 Å². The van der Waals surface area contributed by atoms with E-state index in [0.29, 0.717) is 18.5 Å². The third kappa shape index (κ3) is 3.88. The van der Waals surface area contributed by atoms with E-state index in [0.717, 1.165) is 11.1 Å². The van der Waals surface area contributed by atoms with Crippen molar-refractivity contribution < 1.29 is 18.7 Å². The molecule has 6 nitrogen and oxygen atoms in total. The SMILES string of the molecule is CC1(C(N)=O)CN(C(=O)c2cncc(Cc3ccc(F)cc3)c2)CCO1. The van der Waals surface area contributed by atoms with Crippen molar-refractivity contribution in [3.8, 4) is 0 Å². The maximum Gasteiger partial charge on any atom is 0.255 e. The lowest BCUT2D eigenvalue weighted by Crippen LogP contribution is -2.58. The molecular formula is C19H20FN3O3. The number of rotatable bonds is 4. The molecule has 1 atom stereocenters. The van der Waals surface area contributed by atoms with Gasteiger partial charge in [0.25, 0.3) is 11.8 Å². The monoisotopic (exact) mass is 357 g/mol. The lowest BCUT2D eigenvalue weighted by Gasteiger charge is -2.38. The molecule has 0 bridgehead atoms. The standard InChI is InChI=1S/C19H20FN3O3/c1-19(18(21)25)12-23(6-7-26-19)17(24)15-9-14(10-22-11-15)8-13-2-4-16(20)5-3-13/h2-5,9-11H,6-8,12H2,1H3,(H2,21,25). The van der Waals surface area contributed by atoms with E-state index >= 15 is 0 Å². The van der Waals surface area contributed by atoms with Crippen LogP contribution in [0.5, 0.6) is 0 Å². The molecule has 1 unspecified atom stereocenters. The number of morpholine rings is 1. The highest BCUT2D eigenvalue weighted by Gasteiger charge is 2.39. The summed E-state index contributed by atoms with van der Waals surface area (Å²) in [4.78, 5) is 30.1. The van der Waals surface area contributed by atoms with Gasteiger partial charge in [-0.05, 0) is 42.7 Å². The Kier molecular flexibility index (Phi) is 4.99. The largest absolute Gasteiger partial charge is 0.367 e. The molecular weight excluding hydrogens is 337 g/mol. The number of pyridine rings is 1. The van der Waals surface area contributed by atoms with Crippen molar-refractivity contribution >= 4 is 11.8 Å². The van der Waals surface area contributed by atoms with Crippen LogP contribution in [0.25, 0.3) is 0 Å². The summed E-state index contributed by atoms with van der Waals surface area (Å²) in [6.07, 6.45) is 3.71. The predicted molar refractivity (Wildman–Crippen MR) is 92.9 cm³/mol. The van der Waals surface area contributed by atoms with Gasteiger partial charge in [-0.25, -0.2) is 4.39 Å². The Hall–Kier alpha value is -2.80. The minimum absolute atomic E-state index is 0.101. The first kappa shape index (κ1) is 18.0. The smallest absolute Gasteiger partial charge is 0.255 e. The molecule has 0 aliphatic carbocycles. The maximum atomic E-state index is 13.0. The Morgan fingerprint density at radius 2 is 2.00 bits per heavy atom. The van der Waals surface area contributed by atoms with Crippen LogP contribution in [-0.4, -0.2) is 47.0 Å². The van der Waals surface area contributed by atoms with Crippen molar-refractivity contribution in [2.75, 3.05) is 19.7 Å². The fourth-order valence-corrected chi connectivity index (χ4v) is 2.91. The average molecular weight is 357 g/mol. The molecule has 2 aromatic rings. The number of ether oxygens (including phenoxy) is 1. The molecule has 0 radical (unpaired) electrons. The molecule has 0 saturated carbocycles. The van der Waals surface area contributed by atoms with Crippen molar-refractivity contribution in [3.05, 3.63) is 65.2 Å². The number of hydrogen-bond donors (Lipinski definition) is 1. The summed E-state index contributed by atoms with van der Waals surface area (Å²) in [5, 5.41) is 0. The van der Waals surface area contributed by atoms with E-state index in [2.05, 4.69) is 4.98 Å². The average Bonchev–Trinajstić information content (AvgIpc) is 2.63. The van der Waals surface area contributed by atoms with Gasteiger partial charge in [0.15, 0.2) is 5.60 Å². The highest BCUT2D eigenvalue weighted by atomic mass is 19.1. The van der Waals surface area contributed by atoms with Gasteiger partial charge in [0.1, 0.15) is 5.82 Å². The summed E-state index contributed by atoms with van der Waals surface area (Å²) >= 11 is 0. The fraction of sp³-hybridized carbons (Fsp3) is 0.316. The normalized spacial score (nSPS) is 20.0. The number of amides is 2. The van der Waals surface area contributed by atoms with E-state index < -0.39 is 11.5 Å². The van der Waals surface area contributed by atoms with Crippen LogP contribution in [0.1, 0.15) is 28.4 Å². The zero-order valence-electron chi connectivity index (χ0n) is 14.4. The summed E-state index contributed by atoms with van der Waals surface area (Å²) < 4.78 is 18.5. The van der Waals surface area contributed by atoms with Gasteiger partial charge in [0.05, 0.1) is 18.7 Å². The second kappa shape index (κ2) is 7.21. The number of carbonyl (C=O) groups excluding carboxylic acids is 2. The van der Waals surface area contributed by atoms with Gasteiger partial charge in [-0.15, -0.1) is 0 Å². The predicted octanol–water partition coefficient (Wildman–Crippen LogP) is 1.53. The molecule has 1 aliphatic heterocycles. The summed E-state index contributed by atoms with van der Waals surface area (Å²) in [6.45, 7) is 2.30. The van der Waals surface area contributed by atoms with Crippen molar-refractivity contribution in [1.29, 1.82) is 0 Å². The van der Waals surface area contributed by atoms with Gasteiger partial charge >= 0.3 is 0 Å². The maximum absolute atomic E-state index is 13.0. The Labute approximate surface area is 150 Å². The first-order valence-corrected chi connectivity index (χ1v) is 8.29. The second-order valence-electron chi connectivity index (χ2n) is 6.56. The summed E-state index contributed by atoms with van der Waals surface area (Å²) in [5.41, 5.74) is 6.39. The van der Waals surface area contributed by atoms with E-state index in [-0.39, 0.29) is 24.9 Å². The Morgan fingerprint density at radius 3 is 2.69 bits per heavy atom. The van der Waals surface area contributed by atoms with Crippen molar-refractivity contribution in [2.24, 2.45) is 5.73 Å². The molecule has 0 spiro atoms. The lowest BCUT2D eigenvalue weighted by atomic mass is 10.0. The molecule has 1 saturated heterocycles. The van der Waals surface area contributed by atoms with Gasteiger partial charge in [0.2, 0.25) is 0 Å². The number of nitrogens with two attached hydrogens (primary N) is 1. The van der Waals surface area contributed by atoms with Crippen LogP contribution in [0.4, 0.5) is 4.39 Å². The number of carbonyl (C=O) groups is 2. The Bertz CT molecular complexity index is 825. The number of primary amides is 1. The van der Waals surface area contributed by atoms with Crippen LogP contribution in [-0.2, 0) is 16.0 Å². The first-order chi connectivity index (χ1) is 12.4. The number of benzene rings is 1. The van der Waals surface area contributed by atoms with E-state index in [1.807, 2.05) is 0 Å². The lowest BCUT2D eigenvalue weighted by molar-refractivity contribution is -0.150. The summed E-state index contributed by atoms with van der Waals surface area (Å²) in [6, 6.07) is 7.95. The van der Waals surface area contributed by atoms with Crippen LogP contribution in [0, 0.1) is 5.82 Å². The molecule has 136 valence electrons. The minimum atomic E-state index is -1.19. The van der Waals surface area contributed by atoms with Gasteiger partial charge in [-0.2, -0.15) is 0 Å². The van der Waals surface area contributed by atoms with Crippen LogP contribution < -0.4 is 5.73 Å². The fourth-order valence-electron chi connectivity index (χ4n) is 2.91. The summed E-state index contributed by atoms with van der Waals surface area (Å²) in [7, 11) is 0. The summed E-state index contributed by atoms with van der Waals surface area (Å²) in [5.74, 6) is -1.12. The van der Waals surface area contributed by atoms with Crippen LogP contribution in [0.15, 0.2) is 42.7 Å². The molecule has 1 fully saturated rings. The number of nitrogens with zero attached hydrogens (tertiary/aromatic N) is 2. The third-order valence-corrected chi connectivity index (χ3v) is 4.45. The molecule has 2 N–H and O–H groups in total. The first-order valence-electron chi connectivity index (χ1n) is 8.29. The minimum Gasteiger partial charge on any atom is -0.367 e. The van der Waals surface area contributed by atoms with Gasteiger partial charge in [-0.3, -0.25) is 14.6 Å². The molecule has 26 heavy (non-hydrogen) atoms. The molecule has 1 aliphatic rings. The molecule has 1 aromatic carbocycles. The van der Waals surface area contributed by atoms with Crippen molar-refractivity contribution in [1.82, 2.24) is 9.88 Å². The molecule has 2 amide bonds.